The molecular formula is C21H31N7O. The lowest BCUT2D eigenvalue weighted by Crippen LogP contribution is -2.36. The van der Waals surface area contributed by atoms with Crippen LogP contribution in [0.4, 0.5) is 11.9 Å². The summed E-state index contributed by atoms with van der Waals surface area (Å²) in [5, 5.41) is 0. The zero-order chi connectivity index (χ0) is 20.2. The summed E-state index contributed by atoms with van der Waals surface area (Å²) in [5.41, 5.74) is 1.91. The Kier molecular flexibility index (Phi) is 6.08. The average Bonchev–Trinajstić information content (AvgIpc) is 2.74. The van der Waals surface area contributed by atoms with Crippen LogP contribution in [0.1, 0.15) is 49.4 Å². The second kappa shape index (κ2) is 8.90. The van der Waals surface area contributed by atoms with Crippen molar-refractivity contribution in [1.82, 2.24) is 24.8 Å². The van der Waals surface area contributed by atoms with Crippen molar-refractivity contribution in [3.8, 4) is 0 Å². The third-order valence-corrected chi connectivity index (χ3v) is 5.81. The maximum Gasteiger partial charge on any atom is 0.252 e. The highest BCUT2D eigenvalue weighted by Gasteiger charge is 2.24. The van der Waals surface area contributed by atoms with Gasteiger partial charge in [0.25, 0.3) is 5.56 Å². The van der Waals surface area contributed by atoms with Crippen LogP contribution in [0.5, 0.6) is 0 Å². The molecule has 2 aromatic heterocycles. The van der Waals surface area contributed by atoms with Gasteiger partial charge in [0.15, 0.2) is 0 Å². The summed E-state index contributed by atoms with van der Waals surface area (Å²) in [5.74, 6) is 1.76. The predicted octanol–water partition coefficient (Wildman–Crippen LogP) is 2.00. The third-order valence-electron chi connectivity index (χ3n) is 5.81. The summed E-state index contributed by atoms with van der Waals surface area (Å²) >= 11 is 0. The van der Waals surface area contributed by atoms with E-state index >= 15 is 0 Å². The maximum atomic E-state index is 12.3. The van der Waals surface area contributed by atoms with E-state index in [1.165, 1.54) is 19.3 Å². The Morgan fingerprint density at radius 2 is 1.97 bits per heavy atom. The van der Waals surface area contributed by atoms with Gasteiger partial charge in [0, 0.05) is 58.5 Å². The van der Waals surface area contributed by atoms with E-state index in [4.69, 9.17) is 4.98 Å². The molecule has 29 heavy (non-hydrogen) atoms. The molecule has 0 saturated carbocycles. The minimum Gasteiger partial charge on any atom is -0.347 e. The van der Waals surface area contributed by atoms with Crippen LogP contribution in [0.2, 0.25) is 0 Å². The van der Waals surface area contributed by atoms with E-state index in [1.807, 2.05) is 31.3 Å². The van der Waals surface area contributed by atoms with Crippen molar-refractivity contribution in [3.05, 3.63) is 40.1 Å². The summed E-state index contributed by atoms with van der Waals surface area (Å²) in [6.45, 7) is 4.69. The molecule has 4 rings (SSSR count). The van der Waals surface area contributed by atoms with Gasteiger partial charge in [0.1, 0.15) is 0 Å². The quantitative estimate of drug-likeness (QED) is 0.826. The van der Waals surface area contributed by atoms with Gasteiger partial charge in [-0.2, -0.15) is 0 Å². The van der Waals surface area contributed by atoms with E-state index in [-0.39, 0.29) is 11.5 Å². The molecule has 1 unspecified atom stereocenters. The van der Waals surface area contributed by atoms with E-state index < -0.39 is 0 Å². The first-order valence-electron chi connectivity index (χ1n) is 10.7. The van der Waals surface area contributed by atoms with Gasteiger partial charge < -0.3 is 9.80 Å². The molecule has 0 amide bonds. The lowest BCUT2D eigenvalue weighted by atomic mass is 9.94. The fraction of sp³-hybridized carbons (Fsp3) is 0.619. The maximum absolute atomic E-state index is 12.3. The zero-order valence-corrected chi connectivity index (χ0v) is 17.5. The van der Waals surface area contributed by atoms with Crippen LogP contribution in [0, 0.1) is 0 Å². The number of likely N-dealkylation sites (tertiary alicyclic amines) is 1. The lowest BCUT2D eigenvalue weighted by Gasteiger charge is -2.33. The van der Waals surface area contributed by atoms with Gasteiger partial charge in [-0.1, -0.05) is 0 Å². The van der Waals surface area contributed by atoms with Crippen molar-refractivity contribution >= 4 is 11.9 Å². The van der Waals surface area contributed by atoms with E-state index in [9.17, 15) is 4.79 Å². The van der Waals surface area contributed by atoms with Gasteiger partial charge in [0.05, 0.1) is 11.4 Å². The summed E-state index contributed by atoms with van der Waals surface area (Å²) in [4.78, 5) is 35.6. The number of nitrogens with zero attached hydrogens (tertiary/aromatic N) is 6. The number of nitrogens with one attached hydrogen (secondary N) is 1. The molecule has 2 saturated heterocycles. The highest BCUT2D eigenvalue weighted by molar-refractivity contribution is 5.32. The van der Waals surface area contributed by atoms with Gasteiger partial charge in [0.2, 0.25) is 11.9 Å². The Hall–Kier alpha value is -2.48. The molecule has 2 aliphatic rings. The van der Waals surface area contributed by atoms with Crippen LogP contribution in [-0.4, -0.2) is 65.1 Å². The molecule has 1 atom stereocenters. The van der Waals surface area contributed by atoms with E-state index in [2.05, 4.69) is 24.8 Å². The first kappa shape index (κ1) is 19.8. The first-order valence-corrected chi connectivity index (χ1v) is 10.7. The molecule has 2 aromatic rings. The zero-order valence-electron chi connectivity index (χ0n) is 17.5. The number of hydrogen-bond acceptors (Lipinski definition) is 7. The number of hydrogen-bond donors (Lipinski definition) is 1. The van der Waals surface area contributed by atoms with E-state index in [0.717, 1.165) is 68.8 Å². The number of H-pyrrole nitrogens is 1. The molecular weight excluding hydrogens is 366 g/mol. The van der Waals surface area contributed by atoms with Crippen molar-refractivity contribution in [2.45, 2.75) is 44.6 Å². The van der Waals surface area contributed by atoms with Crippen LogP contribution >= 0.6 is 0 Å². The predicted molar refractivity (Wildman–Crippen MR) is 115 cm³/mol. The van der Waals surface area contributed by atoms with E-state index in [0.29, 0.717) is 0 Å². The minimum absolute atomic E-state index is 0.0425. The Morgan fingerprint density at radius 1 is 1.14 bits per heavy atom. The van der Waals surface area contributed by atoms with Gasteiger partial charge >= 0.3 is 0 Å². The topological polar surface area (TPSA) is 81.3 Å². The van der Waals surface area contributed by atoms with Crippen molar-refractivity contribution in [2.75, 3.05) is 50.1 Å². The van der Waals surface area contributed by atoms with Crippen LogP contribution in [0.15, 0.2) is 23.1 Å². The summed E-state index contributed by atoms with van der Waals surface area (Å²) in [6, 6.07) is 3.67. The second-order valence-electron chi connectivity index (χ2n) is 8.36. The van der Waals surface area contributed by atoms with Crippen LogP contribution in [0.3, 0.4) is 0 Å². The molecule has 156 valence electrons. The molecule has 1 N–H and O–H groups in total. The van der Waals surface area contributed by atoms with Gasteiger partial charge in [-0.15, -0.1) is 0 Å². The fourth-order valence-electron chi connectivity index (χ4n) is 4.29. The molecule has 2 fully saturated rings. The molecule has 2 aliphatic heterocycles. The smallest absolute Gasteiger partial charge is 0.252 e. The van der Waals surface area contributed by atoms with Crippen molar-refractivity contribution < 1.29 is 0 Å². The molecule has 0 radical (unpaired) electrons. The highest BCUT2D eigenvalue weighted by atomic mass is 16.1. The summed E-state index contributed by atoms with van der Waals surface area (Å²) in [6.07, 6.45) is 7.58. The number of aromatic nitrogens is 4. The van der Waals surface area contributed by atoms with Crippen LogP contribution in [0.25, 0.3) is 0 Å². The number of anilines is 2. The molecule has 0 aromatic carbocycles. The molecule has 8 nitrogen and oxygen atoms in total. The molecule has 0 aliphatic carbocycles. The van der Waals surface area contributed by atoms with Crippen molar-refractivity contribution in [2.24, 2.45) is 0 Å². The van der Waals surface area contributed by atoms with Gasteiger partial charge in [-0.05, 0) is 44.7 Å². The Morgan fingerprint density at radius 3 is 2.76 bits per heavy atom. The van der Waals surface area contributed by atoms with Gasteiger partial charge in [-0.25, -0.2) is 15.0 Å². The molecule has 4 heterocycles. The fourth-order valence-corrected chi connectivity index (χ4v) is 4.29. The normalized spacial score (nSPS) is 20.6. The van der Waals surface area contributed by atoms with E-state index in [1.54, 1.807) is 6.07 Å². The van der Waals surface area contributed by atoms with Crippen LogP contribution in [-0.2, 0) is 6.54 Å². The second-order valence-corrected chi connectivity index (χ2v) is 8.36. The van der Waals surface area contributed by atoms with Gasteiger partial charge in [-0.3, -0.25) is 14.7 Å². The third kappa shape index (κ3) is 4.93. The number of piperidine rings is 2. The number of rotatable bonds is 5. The monoisotopic (exact) mass is 397 g/mol. The minimum atomic E-state index is -0.0425. The highest BCUT2D eigenvalue weighted by Crippen LogP contribution is 2.27. The SMILES string of the molecule is CN(C)c1nccc(CN2CCCC(c3cc(=O)[nH]c(N4CCCCC4)n3)C2)n1. The molecule has 0 spiro atoms. The lowest BCUT2D eigenvalue weighted by molar-refractivity contribution is 0.196. The first-order chi connectivity index (χ1) is 14.1. The largest absolute Gasteiger partial charge is 0.347 e. The Balaban J connectivity index is 1.47. The molecule has 8 heteroatoms. The van der Waals surface area contributed by atoms with Crippen LogP contribution < -0.4 is 15.4 Å². The Bertz CT molecular complexity index is 875. The molecule has 0 bridgehead atoms. The Labute approximate surface area is 172 Å². The number of aromatic amines is 1. The van der Waals surface area contributed by atoms with Crippen molar-refractivity contribution in [3.63, 3.8) is 0 Å². The van der Waals surface area contributed by atoms with Crippen molar-refractivity contribution in [1.29, 1.82) is 0 Å². The standard InChI is InChI=1S/C21H31N7O/c1-26(2)20-22-9-8-17(23-20)15-27-10-6-7-16(14-27)18-13-19(29)25-21(24-18)28-11-4-3-5-12-28/h8-9,13,16H,3-7,10-12,14-15H2,1-2H3,(H,24,25,29). The summed E-state index contributed by atoms with van der Waals surface area (Å²) in [7, 11) is 3.91. The summed E-state index contributed by atoms with van der Waals surface area (Å²) < 4.78 is 0. The average molecular weight is 398 g/mol.